The standard InChI is InChI=1S/C27H27F3N4O3/c1-15-3-5-18-21(11-15)37-22-12-16(2)4-6-19(22)23(18)32-25(35)20-13-17(14-34-9-7-31-8-10-34)24(27(28,29)30)33-26(20)36/h3-6,11-13,23,31H,7-10,14H2,1-2H3,(H,32,35)(H,33,36). The molecule has 194 valence electrons. The number of amides is 1. The Kier molecular flexibility index (Phi) is 6.55. The number of rotatable bonds is 4. The van der Waals surface area contributed by atoms with Crippen molar-refractivity contribution >= 4 is 5.91 Å². The Morgan fingerprint density at radius 1 is 1.03 bits per heavy atom. The van der Waals surface area contributed by atoms with Crippen LogP contribution in [-0.4, -0.2) is 42.0 Å². The van der Waals surface area contributed by atoms with Crippen LogP contribution in [0, 0.1) is 13.8 Å². The molecule has 1 amide bonds. The first kappa shape index (κ1) is 25.0. The molecule has 0 radical (unpaired) electrons. The molecular weight excluding hydrogens is 485 g/mol. The van der Waals surface area contributed by atoms with Gasteiger partial charge in [0.05, 0.1) is 6.04 Å². The Bertz CT molecular complexity index is 1360. The molecule has 3 aromatic rings. The minimum absolute atomic E-state index is 0.0327. The van der Waals surface area contributed by atoms with E-state index in [1.165, 1.54) is 0 Å². The summed E-state index contributed by atoms with van der Waals surface area (Å²) in [4.78, 5) is 29.9. The summed E-state index contributed by atoms with van der Waals surface area (Å²) >= 11 is 0. The van der Waals surface area contributed by atoms with Crippen LogP contribution in [0.4, 0.5) is 13.2 Å². The van der Waals surface area contributed by atoms with Crippen LogP contribution in [-0.2, 0) is 12.7 Å². The van der Waals surface area contributed by atoms with Crippen LogP contribution in [0.15, 0.2) is 47.3 Å². The lowest BCUT2D eigenvalue weighted by molar-refractivity contribution is -0.142. The van der Waals surface area contributed by atoms with E-state index in [-0.39, 0.29) is 17.7 Å². The monoisotopic (exact) mass is 512 g/mol. The molecule has 2 aliphatic rings. The number of nitrogens with zero attached hydrogens (tertiary/aromatic N) is 1. The normalized spacial score (nSPS) is 16.0. The molecule has 1 fully saturated rings. The van der Waals surface area contributed by atoms with Gasteiger partial charge in [-0.3, -0.25) is 14.5 Å². The van der Waals surface area contributed by atoms with Gasteiger partial charge in [-0.05, 0) is 48.7 Å². The predicted molar refractivity (Wildman–Crippen MR) is 132 cm³/mol. The van der Waals surface area contributed by atoms with E-state index >= 15 is 0 Å². The summed E-state index contributed by atoms with van der Waals surface area (Å²) in [5.41, 5.74) is 0.604. The summed E-state index contributed by atoms with van der Waals surface area (Å²) in [6.45, 7) is 6.24. The molecule has 37 heavy (non-hydrogen) atoms. The van der Waals surface area contributed by atoms with Crippen LogP contribution < -0.4 is 20.9 Å². The SMILES string of the molecule is Cc1ccc2c(c1)Oc1cc(C)ccc1C2NC(=O)c1cc(CN2CCNCC2)c(C(F)(F)F)[nH]c1=O. The van der Waals surface area contributed by atoms with E-state index in [4.69, 9.17) is 4.74 Å². The zero-order valence-electron chi connectivity index (χ0n) is 20.5. The number of fused-ring (bicyclic) bond motifs is 2. The number of aromatic amines is 1. The molecule has 0 bridgehead atoms. The molecule has 7 nitrogen and oxygen atoms in total. The molecule has 5 rings (SSSR count). The first-order valence-electron chi connectivity index (χ1n) is 12.1. The fraction of sp³-hybridized carbons (Fsp3) is 0.333. The van der Waals surface area contributed by atoms with Gasteiger partial charge in [-0.25, -0.2) is 0 Å². The van der Waals surface area contributed by atoms with E-state index in [9.17, 15) is 22.8 Å². The highest BCUT2D eigenvalue weighted by Gasteiger charge is 2.37. The van der Waals surface area contributed by atoms with Gasteiger partial charge < -0.3 is 20.4 Å². The molecule has 0 aliphatic carbocycles. The van der Waals surface area contributed by atoms with Crippen molar-refractivity contribution in [2.45, 2.75) is 32.6 Å². The highest BCUT2D eigenvalue weighted by molar-refractivity contribution is 5.94. The molecule has 1 saturated heterocycles. The molecule has 10 heteroatoms. The first-order valence-corrected chi connectivity index (χ1v) is 12.1. The minimum Gasteiger partial charge on any atom is -0.457 e. The second-order valence-electron chi connectivity index (χ2n) is 9.53. The molecule has 0 spiro atoms. The summed E-state index contributed by atoms with van der Waals surface area (Å²) < 4.78 is 47.4. The fourth-order valence-electron chi connectivity index (χ4n) is 4.82. The topological polar surface area (TPSA) is 86.5 Å². The summed E-state index contributed by atoms with van der Waals surface area (Å²) in [5.74, 6) is 0.384. The van der Waals surface area contributed by atoms with Crippen LogP contribution in [0.1, 0.15) is 49.9 Å². The van der Waals surface area contributed by atoms with Gasteiger partial charge in [0, 0.05) is 43.9 Å². The number of aromatic nitrogens is 1. The Labute approximate surface area is 211 Å². The Morgan fingerprint density at radius 3 is 2.19 bits per heavy atom. The lowest BCUT2D eigenvalue weighted by Gasteiger charge is -2.30. The van der Waals surface area contributed by atoms with E-state index in [2.05, 4.69) is 10.6 Å². The minimum atomic E-state index is -4.76. The van der Waals surface area contributed by atoms with Crippen molar-refractivity contribution < 1.29 is 22.7 Å². The highest BCUT2D eigenvalue weighted by atomic mass is 19.4. The van der Waals surface area contributed by atoms with Crippen molar-refractivity contribution in [1.82, 2.24) is 20.5 Å². The summed E-state index contributed by atoms with van der Waals surface area (Å²) in [6.07, 6.45) is -4.76. The van der Waals surface area contributed by atoms with Crippen molar-refractivity contribution in [3.63, 3.8) is 0 Å². The molecule has 0 atom stereocenters. The molecule has 0 unspecified atom stereocenters. The molecule has 2 aromatic carbocycles. The van der Waals surface area contributed by atoms with Crippen LogP contribution in [0.2, 0.25) is 0 Å². The number of pyridine rings is 1. The van der Waals surface area contributed by atoms with Gasteiger partial charge in [0.25, 0.3) is 11.5 Å². The van der Waals surface area contributed by atoms with Gasteiger partial charge in [-0.15, -0.1) is 0 Å². The maximum absolute atomic E-state index is 13.8. The third kappa shape index (κ3) is 5.12. The van der Waals surface area contributed by atoms with E-state index in [1.807, 2.05) is 60.1 Å². The van der Waals surface area contributed by atoms with Crippen molar-refractivity contribution in [3.05, 3.63) is 91.9 Å². The van der Waals surface area contributed by atoms with E-state index < -0.39 is 29.4 Å². The van der Waals surface area contributed by atoms with Crippen LogP contribution in [0.3, 0.4) is 0 Å². The van der Waals surface area contributed by atoms with Gasteiger partial charge >= 0.3 is 6.18 Å². The number of carbonyl (C=O) groups is 1. The molecule has 3 heterocycles. The number of carbonyl (C=O) groups excluding carboxylic acids is 1. The van der Waals surface area contributed by atoms with E-state index in [0.29, 0.717) is 48.8 Å². The largest absolute Gasteiger partial charge is 0.457 e. The number of hydrogen-bond acceptors (Lipinski definition) is 5. The van der Waals surface area contributed by atoms with Crippen molar-refractivity contribution in [2.75, 3.05) is 26.2 Å². The summed E-state index contributed by atoms with van der Waals surface area (Å²) in [5, 5.41) is 6.03. The average molecular weight is 513 g/mol. The fourth-order valence-corrected chi connectivity index (χ4v) is 4.82. The highest BCUT2D eigenvalue weighted by Crippen LogP contribution is 2.43. The first-order chi connectivity index (χ1) is 17.6. The van der Waals surface area contributed by atoms with Crippen LogP contribution in [0.25, 0.3) is 0 Å². The van der Waals surface area contributed by atoms with Crippen molar-refractivity contribution in [1.29, 1.82) is 0 Å². The Hall–Kier alpha value is -3.63. The summed E-state index contributed by atoms with van der Waals surface area (Å²) in [6, 6.07) is 11.6. The zero-order chi connectivity index (χ0) is 26.3. The van der Waals surface area contributed by atoms with Crippen LogP contribution >= 0.6 is 0 Å². The zero-order valence-corrected chi connectivity index (χ0v) is 20.5. The van der Waals surface area contributed by atoms with Gasteiger partial charge in [-0.1, -0.05) is 24.3 Å². The lowest BCUT2D eigenvalue weighted by atomic mass is 9.92. The smallest absolute Gasteiger partial charge is 0.431 e. The number of hydrogen-bond donors (Lipinski definition) is 3. The second kappa shape index (κ2) is 9.68. The van der Waals surface area contributed by atoms with Crippen LogP contribution in [0.5, 0.6) is 11.5 Å². The summed E-state index contributed by atoms with van der Waals surface area (Å²) in [7, 11) is 0. The van der Waals surface area contributed by atoms with Crippen molar-refractivity contribution in [3.8, 4) is 11.5 Å². The number of ether oxygens (including phenoxy) is 1. The van der Waals surface area contributed by atoms with Crippen molar-refractivity contribution in [2.24, 2.45) is 0 Å². The predicted octanol–water partition coefficient (Wildman–Crippen LogP) is 4.04. The number of piperazine rings is 1. The number of nitrogens with one attached hydrogen (secondary N) is 3. The van der Waals surface area contributed by atoms with Gasteiger partial charge in [0.1, 0.15) is 22.8 Å². The number of aryl methyl sites for hydroxylation is 2. The molecule has 3 N–H and O–H groups in total. The van der Waals surface area contributed by atoms with Gasteiger partial charge in [0.15, 0.2) is 0 Å². The number of benzene rings is 2. The maximum atomic E-state index is 13.8. The van der Waals surface area contributed by atoms with Gasteiger partial charge in [-0.2, -0.15) is 13.2 Å². The van der Waals surface area contributed by atoms with E-state index in [1.54, 1.807) is 0 Å². The third-order valence-corrected chi connectivity index (χ3v) is 6.71. The molecular formula is C27H27F3N4O3. The maximum Gasteiger partial charge on any atom is 0.431 e. The number of H-pyrrole nitrogens is 1. The number of halogens is 3. The quantitative estimate of drug-likeness (QED) is 0.491. The molecule has 1 aromatic heterocycles. The molecule has 2 aliphatic heterocycles. The average Bonchev–Trinajstić information content (AvgIpc) is 2.84. The number of alkyl halides is 3. The Balaban J connectivity index is 1.52. The second-order valence-corrected chi connectivity index (χ2v) is 9.53. The third-order valence-electron chi connectivity index (χ3n) is 6.71. The molecule has 0 saturated carbocycles. The van der Waals surface area contributed by atoms with Gasteiger partial charge in [0.2, 0.25) is 0 Å². The van der Waals surface area contributed by atoms with E-state index in [0.717, 1.165) is 17.2 Å². The Morgan fingerprint density at radius 2 is 1.62 bits per heavy atom. The lowest BCUT2D eigenvalue weighted by Crippen LogP contribution is -2.43.